The number of nitrogens with zero attached hydrogens (tertiary/aromatic N) is 1. The number of piperidine rings is 1. The third-order valence-corrected chi connectivity index (χ3v) is 3.23. The van der Waals surface area contributed by atoms with Crippen molar-refractivity contribution in [3.8, 4) is 0 Å². The molecule has 2 amide bonds. The molecule has 1 heterocycles. The molecule has 1 aliphatic rings. The Bertz CT molecular complexity index is 367. The van der Waals surface area contributed by atoms with Gasteiger partial charge < -0.3 is 24.4 Å². The van der Waals surface area contributed by atoms with Crippen LogP contribution < -0.4 is 5.32 Å². The van der Waals surface area contributed by atoms with Gasteiger partial charge in [0.25, 0.3) is 0 Å². The number of amides is 2. The Morgan fingerprint density at radius 1 is 1.27 bits per heavy atom. The maximum atomic E-state index is 12.0. The fourth-order valence-corrected chi connectivity index (χ4v) is 2.22. The van der Waals surface area contributed by atoms with E-state index in [0.29, 0.717) is 26.2 Å². The summed E-state index contributed by atoms with van der Waals surface area (Å²) in [7, 11) is 1.55. The van der Waals surface area contributed by atoms with Gasteiger partial charge in [-0.2, -0.15) is 0 Å². The second-order valence-electron chi connectivity index (χ2n) is 6.44. The molecule has 1 aliphatic heterocycles. The minimum Gasteiger partial charge on any atom is -0.447 e. The van der Waals surface area contributed by atoms with E-state index in [1.54, 1.807) is 12.0 Å². The number of nitrogens with one attached hydrogen (secondary N) is 1. The van der Waals surface area contributed by atoms with Gasteiger partial charge in [0.2, 0.25) is 0 Å². The molecule has 0 radical (unpaired) electrons. The van der Waals surface area contributed by atoms with Crippen molar-refractivity contribution < 1.29 is 23.8 Å². The summed E-state index contributed by atoms with van der Waals surface area (Å²) >= 11 is 0. The Balaban J connectivity index is 2.31. The highest BCUT2D eigenvalue weighted by atomic mass is 16.6. The van der Waals surface area contributed by atoms with Gasteiger partial charge in [-0.3, -0.25) is 0 Å². The van der Waals surface area contributed by atoms with Crippen LogP contribution in [0.3, 0.4) is 0 Å². The summed E-state index contributed by atoms with van der Waals surface area (Å²) in [6.45, 7) is 7.94. The molecule has 0 saturated carbocycles. The SMILES string of the molecule is COCCOC(=O)NCC1CCCN(C(=O)OC(C)(C)C)C1. The molecule has 128 valence electrons. The van der Waals surface area contributed by atoms with Crippen molar-refractivity contribution in [2.75, 3.05) is 40.0 Å². The Labute approximate surface area is 132 Å². The van der Waals surface area contributed by atoms with Crippen molar-refractivity contribution in [3.63, 3.8) is 0 Å². The Hall–Kier alpha value is -1.50. The molecule has 0 aromatic rings. The van der Waals surface area contributed by atoms with E-state index in [-0.39, 0.29) is 18.6 Å². The molecule has 1 unspecified atom stereocenters. The Morgan fingerprint density at radius 2 is 2.00 bits per heavy atom. The van der Waals surface area contributed by atoms with E-state index in [4.69, 9.17) is 14.2 Å². The predicted octanol–water partition coefficient (Wildman–Crippen LogP) is 2.01. The van der Waals surface area contributed by atoms with Crippen molar-refractivity contribution in [2.45, 2.75) is 39.2 Å². The number of hydrogen-bond acceptors (Lipinski definition) is 5. The molecule has 7 heteroatoms. The molecule has 0 aromatic carbocycles. The molecule has 1 rings (SSSR count). The number of carbonyl (C=O) groups excluding carboxylic acids is 2. The molecule has 1 N–H and O–H groups in total. The molecular formula is C15H28N2O5. The lowest BCUT2D eigenvalue weighted by atomic mass is 9.98. The molecule has 0 aromatic heterocycles. The minimum absolute atomic E-state index is 0.219. The first kappa shape index (κ1) is 18.5. The first-order valence-corrected chi connectivity index (χ1v) is 7.69. The van der Waals surface area contributed by atoms with Crippen LogP contribution in [-0.2, 0) is 14.2 Å². The highest BCUT2D eigenvalue weighted by Gasteiger charge is 2.27. The van der Waals surface area contributed by atoms with Gasteiger partial charge in [-0.15, -0.1) is 0 Å². The van der Waals surface area contributed by atoms with Gasteiger partial charge in [0, 0.05) is 26.7 Å². The van der Waals surface area contributed by atoms with E-state index in [0.717, 1.165) is 12.8 Å². The van der Waals surface area contributed by atoms with Crippen LogP contribution in [0, 0.1) is 5.92 Å². The maximum absolute atomic E-state index is 12.0. The second-order valence-corrected chi connectivity index (χ2v) is 6.44. The number of carbonyl (C=O) groups is 2. The van der Waals surface area contributed by atoms with Crippen LogP contribution in [0.1, 0.15) is 33.6 Å². The number of methoxy groups -OCH3 is 1. The lowest BCUT2D eigenvalue weighted by Crippen LogP contribution is -2.45. The summed E-state index contributed by atoms with van der Waals surface area (Å²) in [5.74, 6) is 0.219. The summed E-state index contributed by atoms with van der Waals surface area (Å²) < 4.78 is 15.1. The average Bonchev–Trinajstić information content (AvgIpc) is 2.44. The van der Waals surface area contributed by atoms with Gasteiger partial charge in [0.05, 0.1) is 6.61 Å². The normalized spacial score (nSPS) is 18.7. The van der Waals surface area contributed by atoms with E-state index in [1.165, 1.54) is 0 Å². The summed E-state index contributed by atoms with van der Waals surface area (Å²) in [5.41, 5.74) is -0.493. The summed E-state index contributed by atoms with van der Waals surface area (Å²) in [4.78, 5) is 25.2. The second kappa shape index (κ2) is 8.82. The molecule has 1 fully saturated rings. The predicted molar refractivity (Wildman–Crippen MR) is 81.8 cm³/mol. The highest BCUT2D eigenvalue weighted by Crippen LogP contribution is 2.18. The molecule has 1 atom stereocenters. The quantitative estimate of drug-likeness (QED) is 0.785. The van der Waals surface area contributed by atoms with Crippen molar-refractivity contribution in [3.05, 3.63) is 0 Å². The fourth-order valence-electron chi connectivity index (χ4n) is 2.22. The maximum Gasteiger partial charge on any atom is 0.410 e. The van der Waals surface area contributed by atoms with Gasteiger partial charge in [-0.1, -0.05) is 0 Å². The van der Waals surface area contributed by atoms with Crippen molar-refractivity contribution >= 4 is 12.2 Å². The van der Waals surface area contributed by atoms with Crippen LogP contribution in [0.2, 0.25) is 0 Å². The molecule has 0 aliphatic carbocycles. The molecule has 7 nitrogen and oxygen atoms in total. The van der Waals surface area contributed by atoms with E-state index in [9.17, 15) is 9.59 Å². The van der Waals surface area contributed by atoms with Crippen molar-refractivity contribution in [2.24, 2.45) is 5.92 Å². The third-order valence-electron chi connectivity index (χ3n) is 3.23. The third kappa shape index (κ3) is 7.49. The summed E-state index contributed by atoms with van der Waals surface area (Å²) in [5, 5.41) is 2.72. The van der Waals surface area contributed by atoms with Gasteiger partial charge in [-0.05, 0) is 39.5 Å². The summed E-state index contributed by atoms with van der Waals surface area (Å²) in [6.07, 6.45) is 1.13. The zero-order chi connectivity index (χ0) is 16.6. The van der Waals surface area contributed by atoms with E-state index < -0.39 is 11.7 Å². The van der Waals surface area contributed by atoms with Crippen LogP contribution in [0.15, 0.2) is 0 Å². The zero-order valence-corrected chi connectivity index (χ0v) is 14.0. The van der Waals surface area contributed by atoms with Crippen LogP contribution in [0.4, 0.5) is 9.59 Å². The molecule has 0 bridgehead atoms. The van der Waals surface area contributed by atoms with Crippen LogP contribution >= 0.6 is 0 Å². The van der Waals surface area contributed by atoms with Crippen LogP contribution in [0.25, 0.3) is 0 Å². The number of ether oxygens (including phenoxy) is 3. The van der Waals surface area contributed by atoms with Crippen molar-refractivity contribution in [1.29, 1.82) is 0 Å². The molecule has 1 saturated heterocycles. The first-order valence-electron chi connectivity index (χ1n) is 7.69. The average molecular weight is 316 g/mol. The largest absolute Gasteiger partial charge is 0.447 e. The lowest BCUT2D eigenvalue weighted by Gasteiger charge is -2.34. The molecule has 22 heavy (non-hydrogen) atoms. The standard InChI is InChI=1S/C15H28N2O5/c1-15(2,3)22-14(19)17-7-5-6-12(11-17)10-16-13(18)21-9-8-20-4/h12H,5-11H2,1-4H3,(H,16,18). The Morgan fingerprint density at radius 3 is 2.64 bits per heavy atom. The monoisotopic (exact) mass is 316 g/mol. The van der Waals surface area contributed by atoms with Gasteiger partial charge in [0.1, 0.15) is 12.2 Å². The fraction of sp³-hybridized carbons (Fsp3) is 0.867. The highest BCUT2D eigenvalue weighted by molar-refractivity contribution is 5.68. The number of rotatable bonds is 5. The lowest BCUT2D eigenvalue weighted by molar-refractivity contribution is 0.0166. The minimum atomic E-state index is -0.493. The number of hydrogen-bond donors (Lipinski definition) is 1. The topological polar surface area (TPSA) is 77.1 Å². The number of alkyl carbamates (subject to hydrolysis) is 1. The van der Waals surface area contributed by atoms with Gasteiger partial charge in [-0.25, -0.2) is 9.59 Å². The van der Waals surface area contributed by atoms with Crippen molar-refractivity contribution in [1.82, 2.24) is 10.2 Å². The molecule has 0 spiro atoms. The van der Waals surface area contributed by atoms with E-state index in [1.807, 2.05) is 20.8 Å². The van der Waals surface area contributed by atoms with Gasteiger partial charge in [0.15, 0.2) is 0 Å². The van der Waals surface area contributed by atoms with Crippen LogP contribution in [-0.4, -0.2) is 62.6 Å². The molecular weight excluding hydrogens is 288 g/mol. The van der Waals surface area contributed by atoms with Crippen LogP contribution in [0.5, 0.6) is 0 Å². The summed E-state index contributed by atoms with van der Waals surface area (Å²) in [6, 6.07) is 0. The Kier molecular flexibility index (Phi) is 7.44. The number of likely N-dealkylation sites (tertiary alicyclic amines) is 1. The first-order chi connectivity index (χ1) is 10.3. The smallest absolute Gasteiger partial charge is 0.410 e. The zero-order valence-electron chi connectivity index (χ0n) is 14.0. The van der Waals surface area contributed by atoms with E-state index >= 15 is 0 Å². The van der Waals surface area contributed by atoms with Gasteiger partial charge >= 0.3 is 12.2 Å². The van der Waals surface area contributed by atoms with E-state index in [2.05, 4.69) is 5.32 Å².